The Balaban J connectivity index is 2.60. The highest BCUT2D eigenvalue weighted by molar-refractivity contribution is 5.28. The molecular formula is C17H29NO. The van der Waals surface area contributed by atoms with Gasteiger partial charge in [0.1, 0.15) is 0 Å². The Morgan fingerprint density at radius 1 is 1.21 bits per heavy atom. The molecule has 0 bridgehead atoms. The number of aryl methyl sites for hydroxylation is 1. The van der Waals surface area contributed by atoms with Gasteiger partial charge < -0.3 is 10.1 Å². The van der Waals surface area contributed by atoms with E-state index in [1.165, 1.54) is 11.1 Å². The topological polar surface area (TPSA) is 21.3 Å². The number of hydrogen-bond acceptors (Lipinski definition) is 2. The lowest BCUT2D eigenvalue weighted by atomic mass is 10.0. The van der Waals surface area contributed by atoms with Crippen molar-refractivity contribution in [1.29, 1.82) is 0 Å². The number of rotatable bonds is 9. The maximum absolute atomic E-state index is 6.10. The fraction of sp³-hybridized carbons (Fsp3) is 0.647. The van der Waals surface area contributed by atoms with Gasteiger partial charge in [-0.05, 0) is 43.4 Å². The van der Waals surface area contributed by atoms with Crippen LogP contribution in [0.3, 0.4) is 0 Å². The fourth-order valence-corrected chi connectivity index (χ4v) is 2.06. The molecule has 0 fully saturated rings. The van der Waals surface area contributed by atoms with Gasteiger partial charge in [0.25, 0.3) is 0 Å². The van der Waals surface area contributed by atoms with E-state index >= 15 is 0 Å². The fourth-order valence-electron chi connectivity index (χ4n) is 2.06. The first kappa shape index (κ1) is 16.2. The molecule has 1 aromatic carbocycles. The third-order valence-corrected chi connectivity index (χ3v) is 3.31. The second-order valence-corrected chi connectivity index (χ2v) is 5.60. The minimum Gasteiger partial charge on any atom is -0.372 e. The highest BCUT2D eigenvalue weighted by Gasteiger charge is 2.13. The molecule has 108 valence electrons. The molecule has 2 heteroatoms. The summed E-state index contributed by atoms with van der Waals surface area (Å²) in [6.45, 7) is 11.6. The van der Waals surface area contributed by atoms with Crippen LogP contribution in [0.2, 0.25) is 0 Å². The van der Waals surface area contributed by atoms with Crippen molar-refractivity contribution in [3.8, 4) is 0 Å². The Morgan fingerprint density at radius 2 is 1.95 bits per heavy atom. The van der Waals surface area contributed by atoms with Crippen LogP contribution in [-0.2, 0) is 4.74 Å². The summed E-state index contributed by atoms with van der Waals surface area (Å²) < 4.78 is 6.10. The second kappa shape index (κ2) is 9.11. The van der Waals surface area contributed by atoms with Crippen LogP contribution >= 0.6 is 0 Å². The molecule has 0 heterocycles. The lowest BCUT2D eigenvalue weighted by Crippen LogP contribution is -2.25. The van der Waals surface area contributed by atoms with E-state index in [4.69, 9.17) is 4.74 Å². The van der Waals surface area contributed by atoms with Crippen molar-refractivity contribution in [2.75, 3.05) is 19.7 Å². The van der Waals surface area contributed by atoms with Gasteiger partial charge >= 0.3 is 0 Å². The number of ether oxygens (including phenoxy) is 1. The highest BCUT2D eigenvalue weighted by atomic mass is 16.5. The molecule has 0 aliphatic rings. The zero-order chi connectivity index (χ0) is 14.1. The van der Waals surface area contributed by atoms with E-state index in [0.29, 0.717) is 5.92 Å². The van der Waals surface area contributed by atoms with Gasteiger partial charge in [0.15, 0.2) is 0 Å². The molecule has 1 rings (SSSR count). The molecule has 1 N–H and O–H groups in total. The largest absolute Gasteiger partial charge is 0.372 e. The molecule has 0 amide bonds. The van der Waals surface area contributed by atoms with Crippen LogP contribution in [-0.4, -0.2) is 19.7 Å². The number of nitrogens with one attached hydrogen (secondary N) is 1. The van der Waals surface area contributed by atoms with Gasteiger partial charge in [0.05, 0.1) is 6.10 Å². The number of benzene rings is 1. The van der Waals surface area contributed by atoms with Crippen LogP contribution in [0.5, 0.6) is 0 Å². The second-order valence-electron chi connectivity index (χ2n) is 5.60. The van der Waals surface area contributed by atoms with Crippen LogP contribution in [0.1, 0.15) is 50.8 Å². The Hall–Kier alpha value is -0.860. The first-order valence-corrected chi connectivity index (χ1v) is 7.53. The summed E-state index contributed by atoms with van der Waals surface area (Å²) in [6.07, 6.45) is 2.45. The Labute approximate surface area is 118 Å². The van der Waals surface area contributed by atoms with Crippen molar-refractivity contribution in [2.24, 2.45) is 5.92 Å². The van der Waals surface area contributed by atoms with Crippen molar-refractivity contribution >= 4 is 0 Å². The minimum absolute atomic E-state index is 0.173. The molecule has 0 saturated carbocycles. The monoisotopic (exact) mass is 263 g/mol. The van der Waals surface area contributed by atoms with Crippen LogP contribution < -0.4 is 5.32 Å². The molecule has 1 aromatic rings. The summed E-state index contributed by atoms with van der Waals surface area (Å²) in [6, 6.07) is 8.53. The summed E-state index contributed by atoms with van der Waals surface area (Å²) in [5.74, 6) is 0.695. The third kappa shape index (κ3) is 6.22. The number of hydrogen-bond donors (Lipinski definition) is 1. The van der Waals surface area contributed by atoms with Gasteiger partial charge in [0.2, 0.25) is 0 Å². The van der Waals surface area contributed by atoms with Crippen molar-refractivity contribution in [1.82, 2.24) is 5.32 Å². The zero-order valence-corrected chi connectivity index (χ0v) is 12.9. The van der Waals surface area contributed by atoms with Gasteiger partial charge in [-0.3, -0.25) is 0 Å². The Kier molecular flexibility index (Phi) is 7.76. The molecule has 2 nitrogen and oxygen atoms in total. The predicted molar refractivity (Wildman–Crippen MR) is 82.5 cm³/mol. The first-order valence-electron chi connectivity index (χ1n) is 7.53. The Morgan fingerprint density at radius 3 is 2.58 bits per heavy atom. The molecular weight excluding hydrogens is 234 g/mol. The normalized spacial score (nSPS) is 12.9. The Bertz CT molecular complexity index is 349. The van der Waals surface area contributed by atoms with Crippen molar-refractivity contribution in [3.05, 3.63) is 35.4 Å². The van der Waals surface area contributed by atoms with Crippen LogP contribution in [0.4, 0.5) is 0 Å². The van der Waals surface area contributed by atoms with Gasteiger partial charge in [-0.2, -0.15) is 0 Å². The molecule has 0 aliphatic carbocycles. The molecule has 0 spiro atoms. The predicted octanol–water partition coefficient (Wildman–Crippen LogP) is 4.10. The van der Waals surface area contributed by atoms with Crippen LogP contribution in [0.25, 0.3) is 0 Å². The first-order chi connectivity index (χ1) is 9.15. The molecule has 1 unspecified atom stereocenters. The lowest BCUT2D eigenvalue weighted by Gasteiger charge is -2.21. The summed E-state index contributed by atoms with van der Waals surface area (Å²) in [4.78, 5) is 0. The summed E-state index contributed by atoms with van der Waals surface area (Å²) in [5, 5.41) is 3.47. The van der Waals surface area contributed by atoms with Crippen LogP contribution in [0.15, 0.2) is 24.3 Å². The third-order valence-electron chi connectivity index (χ3n) is 3.31. The molecule has 0 saturated heterocycles. The van der Waals surface area contributed by atoms with Gasteiger partial charge in [-0.15, -0.1) is 0 Å². The molecule has 1 atom stereocenters. The van der Waals surface area contributed by atoms with E-state index in [1.54, 1.807) is 0 Å². The molecule has 0 radical (unpaired) electrons. The molecule has 0 aliphatic heterocycles. The van der Waals surface area contributed by atoms with Crippen molar-refractivity contribution in [2.45, 2.75) is 46.6 Å². The maximum Gasteiger partial charge on any atom is 0.0951 e. The van der Waals surface area contributed by atoms with Crippen molar-refractivity contribution < 1.29 is 4.74 Å². The lowest BCUT2D eigenvalue weighted by molar-refractivity contribution is 0.0455. The standard InChI is InChI=1S/C17H29NO/c1-5-11-18-13-17(19-12-10-14(2)3)16-9-7-6-8-15(16)4/h6-9,14,17-18H,5,10-13H2,1-4H3. The maximum atomic E-state index is 6.10. The highest BCUT2D eigenvalue weighted by Crippen LogP contribution is 2.21. The molecule has 0 aromatic heterocycles. The SMILES string of the molecule is CCCNCC(OCCC(C)C)c1ccccc1C. The van der Waals surface area contributed by atoms with E-state index in [2.05, 4.69) is 57.3 Å². The van der Waals surface area contributed by atoms with E-state index in [1.807, 2.05) is 0 Å². The summed E-state index contributed by atoms with van der Waals surface area (Å²) in [5.41, 5.74) is 2.63. The van der Waals surface area contributed by atoms with E-state index in [0.717, 1.165) is 32.5 Å². The van der Waals surface area contributed by atoms with Crippen LogP contribution in [0, 0.1) is 12.8 Å². The quantitative estimate of drug-likeness (QED) is 0.677. The summed E-state index contributed by atoms with van der Waals surface area (Å²) in [7, 11) is 0. The smallest absolute Gasteiger partial charge is 0.0951 e. The van der Waals surface area contributed by atoms with Gasteiger partial charge in [-0.25, -0.2) is 0 Å². The van der Waals surface area contributed by atoms with E-state index in [9.17, 15) is 0 Å². The summed E-state index contributed by atoms with van der Waals surface area (Å²) >= 11 is 0. The zero-order valence-electron chi connectivity index (χ0n) is 12.9. The van der Waals surface area contributed by atoms with Gasteiger partial charge in [-0.1, -0.05) is 45.0 Å². The molecule has 19 heavy (non-hydrogen) atoms. The van der Waals surface area contributed by atoms with Crippen molar-refractivity contribution in [3.63, 3.8) is 0 Å². The van der Waals surface area contributed by atoms with Gasteiger partial charge in [0, 0.05) is 13.2 Å². The van der Waals surface area contributed by atoms with E-state index < -0.39 is 0 Å². The van der Waals surface area contributed by atoms with E-state index in [-0.39, 0.29) is 6.10 Å². The minimum atomic E-state index is 0.173. The average Bonchev–Trinajstić information content (AvgIpc) is 2.37. The average molecular weight is 263 g/mol.